The Hall–Kier alpha value is -5.81. The molecule has 3 saturated heterocycles. The number of methoxy groups -OCH3 is 1. The molecule has 4 fully saturated rings. The van der Waals surface area contributed by atoms with E-state index in [0.29, 0.717) is 0 Å². The maximum Gasteiger partial charge on any atom is 0.338 e. The van der Waals surface area contributed by atoms with Gasteiger partial charge in [-0.25, -0.2) is 14.4 Å². The lowest BCUT2D eigenvalue weighted by atomic mass is 9.90. The molecule has 1 saturated carbocycles. The number of benzene rings is 5. The molecule has 0 N–H and O–H groups in total. The minimum Gasteiger partial charge on any atom is -0.452 e. The number of ether oxygens (including phenoxy) is 11. The fourth-order valence-electron chi connectivity index (χ4n) is 9.15. The maximum absolute atomic E-state index is 14.1. The van der Waals surface area contributed by atoms with Crippen LogP contribution in [0.3, 0.4) is 0 Å². The fourth-order valence-corrected chi connectivity index (χ4v) is 9.15. The molecule has 356 valence electrons. The van der Waals surface area contributed by atoms with Gasteiger partial charge >= 0.3 is 17.9 Å². The van der Waals surface area contributed by atoms with Crippen LogP contribution in [0.15, 0.2) is 152 Å². The van der Waals surface area contributed by atoms with Crippen LogP contribution in [-0.4, -0.2) is 105 Å². The summed E-state index contributed by atoms with van der Waals surface area (Å²) in [7, 11) is 1.37. The van der Waals surface area contributed by atoms with Crippen LogP contribution in [0.5, 0.6) is 0 Å². The zero-order valence-corrected chi connectivity index (χ0v) is 37.8. The van der Waals surface area contributed by atoms with Crippen LogP contribution in [-0.2, 0) is 65.3 Å². The molecule has 0 unspecified atom stereocenters. The third-order valence-corrected chi connectivity index (χ3v) is 12.6. The van der Waals surface area contributed by atoms with Crippen molar-refractivity contribution in [2.75, 3.05) is 20.3 Å². The highest BCUT2D eigenvalue weighted by molar-refractivity contribution is 5.91. The molecule has 5 aromatic rings. The summed E-state index contributed by atoms with van der Waals surface area (Å²) >= 11 is 0. The third kappa shape index (κ3) is 11.4. The summed E-state index contributed by atoms with van der Waals surface area (Å²) in [5, 5.41) is 0. The first-order valence-corrected chi connectivity index (χ1v) is 23.2. The van der Waals surface area contributed by atoms with Crippen LogP contribution >= 0.6 is 0 Å². The van der Waals surface area contributed by atoms with Gasteiger partial charge in [-0.05, 0) is 60.4 Å². The van der Waals surface area contributed by atoms with Gasteiger partial charge in [-0.2, -0.15) is 0 Å². The maximum atomic E-state index is 14.1. The zero-order chi connectivity index (χ0) is 46.7. The molecular formula is C54H56O14. The number of carbonyl (C=O) groups is 3. The molecule has 10 atom stereocenters. The molecule has 0 aromatic heterocycles. The second-order valence-electron chi connectivity index (χ2n) is 17.2. The number of rotatable bonds is 16. The van der Waals surface area contributed by atoms with Crippen molar-refractivity contribution in [2.45, 2.75) is 113 Å². The molecule has 1 spiro atoms. The SMILES string of the molecule is CO[C@H]1O[C@H](CO[C@@H]2O[C@@H]3COC4(CCCCC4)O[C@H]3[C@H](OCc3ccccc3)[C@@H]2OCc2ccccc2)[C@@H](OC(=O)c2ccccc2)[C@H](OC(=O)c2ccccc2)[C@H]1OC(=O)c1ccccc1. The topological polar surface area (TPSA) is 153 Å². The van der Waals surface area contributed by atoms with Gasteiger partial charge in [0, 0.05) is 20.0 Å². The second-order valence-corrected chi connectivity index (χ2v) is 17.2. The van der Waals surface area contributed by atoms with Gasteiger partial charge in [0.25, 0.3) is 0 Å². The average Bonchev–Trinajstić information content (AvgIpc) is 3.39. The van der Waals surface area contributed by atoms with Gasteiger partial charge in [0.2, 0.25) is 0 Å². The van der Waals surface area contributed by atoms with E-state index in [0.717, 1.165) is 43.2 Å². The smallest absolute Gasteiger partial charge is 0.338 e. The normalized spacial score (nSPS) is 27.6. The summed E-state index contributed by atoms with van der Waals surface area (Å²) in [6.45, 7) is 0.333. The highest BCUT2D eigenvalue weighted by Crippen LogP contribution is 2.43. The summed E-state index contributed by atoms with van der Waals surface area (Å²) in [6, 6.07) is 44.6. The first-order valence-electron chi connectivity index (χ1n) is 23.2. The van der Waals surface area contributed by atoms with Crippen LogP contribution in [0.1, 0.15) is 74.3 Å². The van der Waals surface area contributed by atoms with Gasteiger partial charge in [0.05, 0.1) is 43.1 Å². The molecular weight excluding hydrogens is 873 g/mol. The Morgan fingerprint density at radius 1 is 0.515 bits per heavy atom. The van der Waals surface area contributed by atoms with Crippen molar-refractivity contribution in [2.24, 2.45) is 0 Å². The minimum absolute atomic E-state index is 0.188. The molecule has 14 heteroatoms. The van der Waals surface area contributed by atoms with E-state index in [4.69, 9.17) is 52.1 Å². The highest BCUT2D eigenvalue weighted by Gasteiger charge is 2.57. The lowest BCUT2D eigenvalue weighted by Gasteiger charge is -2.53. The number of fused-ring (bicyclic) bond motifs is 1. The molecule has 68 heavy (non-hydrogen) atoms. The van der Waals surface area contributed by atoms with Gasteiger partial charge in [-0.15, -0.1) is 0 Å². The van der Waals surface area contributed by atoms with E-state index < -0.39 is 85.1 Å². The van der Waals surface area contributed by atoms with Gasteiger partial charge in [-0.1, -0.05) is 122 Å². The Bertz CT molecular complexity index is 2370. The molecule has 3 aliphatic heterocycles. The molecule has 4 aliphatic rings. The van der Waals surface area contributed by atoms with E-state index in [9.17, 15) is 14.4 Å². The number of hydrogen-bond acceptors (Lipinski definition) is 14. The molecule has 14 nitrogen and oxygen atoms in total. The Morgan fingerprint density at radius 3 is 1.50 bits per heavy atom. The largest absolute Gasteiger partial charge is 0.452 e. The summed E-state index contributed by atoms with van der Waals surface area (Å²) < 4.78 is 71.6. The van der Waals surface area contributed by atoms with Crippen LogP contribution in [0.4, 0.5) is 0 Å². The predicted octanol–water partition coefficient (Wildman–Crippen LogP) is 8.02. The lowest BCUT2D eigenvalue weighted by molar-refractivity contribution is -0.405. The van der Waals surface area contributed by atoms with E-state index in [2.05, 4.69) is 0 Å². The number of esters is 3. The molecule has 1 aliphatic carbocycles. The first kappa shape index (κ1) is 47.3. The number of carbonyl (C=O) groups excluding carboxylic acids is 3. The van der Waals surface area contributed by atoms with Gasteiger partial charge in [0.1, 0.15) is 30.5 Å². The van der Waals surface area contributed by atoms with E-state index in [1.54, 1.807) is 91.0 Å². The molecule has 5 aromatic carbocycles. The summed E-state index contributed by atoms with van der Waals surface area (Å²) in [5.74, 6) is -3.04. The monoisotopic (exact) mass is 928 g/mol. The van der Waals surface area contributed by atoms with Crippen molar-refractivity contribution in [3.05, 3.63) is 179 Å². The van der Waals surface area contributed by atoms with Crippen molar-refractivity contribution in [1.29, 1.82) is 0 Å². The molecule has 0 radical (unpaired) electrons. The van der Waals surface area contributed by atoms with Crippen LogP contribution in [0.25, 0.3) is 0 Å². The quantitative estimate of drug-likeness (QED) is 0.0693. The zero-order valence-electron chi connectivity index (χ0n) is 37.8. The van der Waals surface area contributed by atoms with Crippen LogP contribution in [0.2, 0.25) is 0 Å². The van der Waals surface area contributed by atoms with E-state index in [1.165, 1.54) is 7.11 Å². The van der Waals surface area contributed by atoms with Crippen molar-refractivity contribution < 1.29 is 66.5 Å². The molecule has 0 amide bonds. The Kier molecular flexibility index (Phi) is 15.7. The Balaban J connectivity index is 1.05. The predicted molar refractivity (Wildman–Crippen MR) is 244 cm³/mol. The van der Waals surface area contributed by atoms with Crippen molar-refractivity contribution >= 4 is 17.9 Å². The van der Waals surface area contributed by atoms with Crippen molar-refractivity contribution in [3.8, 4) is 0 Å². The second kappa shape index (κ2) is 22.5. The van der Waals surface area contributed by atoms with E-state index >= 15 is 0 Å². The molecule has 0 bridgehead atoms. The van der Waals surface area contributed by atoms with Gasteiger partial charge < -0.3 is 52.1 Å². The lowest BCUT2D eigenvalue weighted by Crippen LogP contribution is -2.67. The standard InChI is InChI=1S/C54H56O14/c1-58-52-48(67-51(57)40-28-16-6-17-29-40)46(66-50(56)39-26-14-5-15-27-39)43(65-49(55)38-24-12-4-13-25-38)41(63-52)34-61-53-47(60-33-37-22-10-3-11-23-37)45(59-32-36-20-8-2-9-21-36)44-42(64-53)35-62-54(68-44)30-18-7-19-31-54/h2-6,8-17,20-29,41-48,52-53H,7,18-19,30-35H2,1H3/t41-,42-,43-,44-,45+,46+,47+,48-,52+,53-/m1/s1. The van der Waals surface area contributed by atoms with Crippen molar-refractivity contribution in [1.82, 2.24) is 0 Å². The van der Waals surface area contributed by atoms with Gasteiger partial charge in [-0.3, -0.25) is 0 Å². The minimum atomic E-state index is -1.48. The summed E-state index contributed by atoms with van der Waals surface area (Å²) in [5.41, 5.74) is 2.52. The Labute approximate surface area is 395 Å². The van der Waals surface area contributed by atoms with Crippen molar-refractivity contribution in [3.63, 3.8) is 0 Å². The first-order chi connectivity index (χ1) is 33.4. The highest BCUT2D eigenvalue weighted by atomic mass is 16.8. The van der Waals surface area contributed by atoms with E-state index in [-0.39, 0.29) is 43.1 Å². The fraction of sp³-hybridized carbons (Fsp3) is 0.389. The summed E-state index contributed by atoms with van der Waals surface area (Å²) in [4.78, 5) is 41.8. The van der Waals surface area contributed by atoms with Gasteiger partial charge in [0.15, 0.2) is 36.7 Å². The Morgan fingerprint density at radius 2 is 0.985 bits per heavy atom. The van der Waals surface area contributed by atoms with Crippen LogP contribution < -0.4 is 0 Å². The summed E-state index contributed by atoms with van der Waals surface area (Å²) in [6.07, 6.45) is -6.28. The average molecular weight is 929 g/mol. The number of hydrogen-bond donors (Lipinski definition) is 0. The van der Waals surface area contributed by atoms with Crippen LogP contribution in [0, 0.1) is 0 Å². The molecule has 9 rings (SSSR count). The van der Waals surface area contributed by atoms with E-state index in [1.807, 2.05) is 60.7 Å². The third-order valence-electron chi connectivity index (χ3n) is 12.6. The molecule has 3 heterocycles.